The van der Waals surface area contributed by atoms with Gasteiger partial charge < -0.3 is 15.2 Å². The highest BCUT2D eigenvalue weighted by Gasteiger charge is 2.22. The fourth-order valence-corrected chi connectivity index (χ4v) is 3.49. The predicted octanol–water partition coefficient (Wildman–Crippen LogP) is 2.68. The maximum Gasteiger partial charge on any atom is 0.252 e. The lowest BCUT2D eigenvalue weighted by Crippen LogP contribution is -2.13. The topological polar surface area (TPSA) is 105 Å². The van der Waals surface area contributed by atoms with Gasteiger partial charge in [0, 0.05) is 6.07 Å². The van der Waals surface area contributed by atoms with Gasteiger partial charge in [-0.1, -0.05) is 6.07 Å². The van der Waals surface area contributed by atoms with E-state index in [0.29, 0.717) is 34.2 Å². The number of ether oxygens (including phenoxy) is 2. The number of fused-ring (bicyclic) bond motifs is 3. The first-order valence-corrected chi connectivity index (χ1v) is 8.63. The summed E-state index contributed by atoms with van der Waals surface area (Å²) in [6.45, 7) is 3.83. The summed E-state index contributed by atoms with van der Waals surface area (Å²) in [6, 6.07) is 8.82. The molecular weight excluding hydrogens is 358 g/mol. The van der Waals surface area contributed by atoms with Crippen molar-refractivity contribution in [1.82, 2.24) is 19.4 Å². The smallest absolute Gasteiger partial charge is 0.252 e. The first-order valence-electron chi connectivity index (χ1n) is 8.63. The van der Waals surface area contributed by atoms with Crippen molar-refractivity contribution in [2.45, 2.75) is 13.8 Å². The van der Waals surface area contributed by atoms with Gasteiger partial charge in [0.2, 0.25) is 5.88 Å². The second-order valence-corrected chi connectivity index (χ2v) is 6.35. The summed E-state index contributed by atoms with van der Waals surface area (Å²) in [4.78, 5) is 25.8. The van der Waals surface area contributed by atoms with Gasteiger partial charge >= 0.3 is 0 Å². The van der Waals surface area contributed by atoms with E-state index in [4.69, 9.17) is 20.2 Å². The Morgan fingerprint density at radius 3 is 2.43 bits per heavy atom. The van der Waals surface area contributed by atoms with E-state index >= 15 is 0 Å². The number of carbonyl (C=O) groups is 1. The Kier molecular flexibility index (Phi) is 4.11. The molecule has 3 heterocycles. The Balaban J connectivity index is 2.17. The Hall–Kier alpha value is -3.68. The number of nitrogens with zero attached hydrogens (tertiary/aromatic N) is 4. The van der Waals surface area contributed by atoms with Crippen molar-refractivity contribution >= 4 is 22.6 Å². The van der Waals surface area contributed by atoms with Crippen LogP contribution >= 0.6 is 0 Å². The number of amides is 1. The van der Waals surface area contributed by atoms with Crippen molar-refractivity contribution < 1.29 is 14.3 Å². The molecule has 4 aromatic rings. The number of hydrogen-bond acceptors (Lipinski definition) is 6. The number of pyridine rings is 1. The van der Waals surface area contributed by atoms with E-state index < -0.39 is 5.91 Å². The van der Waals surface area contributed by atoms with Crippen LogP contribution in [0.1, 0.15) is 21.7 Å². The second-order valence-electron chi connectivity index (χ2n) is 6.35. The lowest BCUT2D eigenvalue weighted by Gasteiger charge is -2.12. The number of aryl methyl sites for hydroxylation is 2. The molecule has 3 aromatic heterocycles. The van der Waals surface area contributed by atoms with Gasteiger partial charge in [-0.25, -0.2) is 9.97 Å². The van der Waals surface area contributed by atoms with Gasteiger partial charge in [0.05, 0.1) is 42.3 Å². The molecule has 0 bridgehead atoms. The van der Waals surface area contributed by atoms with Crippen LogP contribution in [0.4, 0.5) is 0 Å². The Bertz CT molecular complexity index is 1250. The second kappa shape index (κ2) is 6.49. The van der Waals surface area contributed by atoms with E-state index in [0.717, 1.165) is 16.9 Å². The third kappa shape index (κ3) is 2.53. The zero-order chi connectivity index (χ0) is 20.0. The Morgan fingerprint density at radius 1 is 1.00 bits per heavy atom. The van der Waals surface area contributed by atoms with E-state index in [-0.39, 0.29) is 5.56 Å². The number of hydrogen-bond donors (Lipinski definition) is 1. The summed E-state index contributed by atoms with van der Waals surface area (Å²) >= 11 is 0. The van der Waals surface area contributed by atoms with Crippen LogP contribution in [0.15, 0.2) is 30.3 Å². The van der Waals surface area contributed by atoms with E-state index in [1.807, 2.05) is 30.4 Å². The molecule has 142 valence electrons. The van der Waals surface area contributed by atoms with Crippen LogP contribution in [-0.4, -0.2) is 39.5 Å². The zero-order valence-corrected chi connectivity index (χ0v) is 16.0. The number of nitrogens with two attached hydrogens (primary N) is 1. The van der Waals surface area contributed by atoms with Gasteiger partial charge in [-0.2, -0.15) is 4.98 Å². The van der Waals surface area contributed by atoms with Crippen LogP contribution < -0.4 is 15.2 Å². The number of imidazole rings is 1. The Morgan fingerprint density at radius 2 is 1.75 bits per heavy atom. The molecule has 28 heavy (non-hydrogen) atoms. The molecule has 0 spiro atoms. The van der Waals surface area contributed by atoms with Crippen molar-refractivity contribution in [3.05, 3.63) is 47.3 Å². The number of rotatable bonds is 4. The molecule has 0 aliphatic carbocycles. The first-order chi connectivity index (χ1) is 13.5. The van der Waals surface area contributed by atoms with Gasteiger partial charge in [-0.05, 0) is 32.0 Å². The normalized spacial score (nSPS) is 11.1. The quantitative estimate of drug-likeness (QED) is 0.586. The molecule has 1 amide bonds. The van der Waals surface area contributed by atoms with Crippen molar-refractivity contribution in [1.29, 1.82) is 0 Å². The first kappa shape index (κ1) is 17.7. The molecule has 0 aliphatic heterocycles. The Labute approximate surface area is 161 Å². The molecule has 0 saturated heterocycles. The van der Waals surface area contributed by atoms with Gasteiger partial charge in [0.25, 0.3) is 5.91 Å². The molecule has 2 N–H and O–H groups in total. The lowest BCUT2D eigenvalue weighted by atomic mass is 10.1. The van der Waals surface area contributed by atoms with E-state index in [2.05, 4.69) is 9.97 Å². The molecule has 0 aliphatic rings. The van der Waals surface area contributed by atoms with Gasteiger partial charge in [0.15, 0.2) is 5.65 Å². The number of para-hydroxylation sites is 1. The third-order valence-electron chi connectivity index (χ3n) is 4.66. The largest absolute Gasteiger partial charge is 0.495 e. The molecule has 0 fully saturated rings. The van der Waals surface area contributed by atoms with Gasteiger partial charge in [-0.15, -0.1) is 0 Å². The van der Waals surface area contributed by atoms with Crippen LogP contribution in [0.5, 0.6) is 11.6 Å². The van der Waals surface area contributed by atoms with Crippen molar-refractivity contribution in [2.75, 3.05) is 14.2 Å². The summed E-state index contributed by atoms with van der Waals surface area (Å²) in [5, 5.41) is 0. The molecule has 0 atom stereocenters. The van der Waals surface area contributed by atoms with E-state index in [1.54, 1.807) is 25.3 Å². The fraction of sp³-hybridized carbons (Fsp3) is 0.200. The molecule has 0 radical (unpaired) electrons. The number of carbonyl (C=O) groups excluding carboxylic acids is 1. The molecular formula is C20H19N5O3. The van der Waals surface area contributed by atoms with E-state index in [9.17, 15) is 4.79 Å². The minimum Gasteiger partial charge on any atom is -0.495 e. The molecule has 4 rings (SSSR count). The van der Waals surface area contributed by atoms with Gasteiger partial charge in [-0.3, -0.25) is 9.20 Å². The van der Waals surface area contributed by atoms with Crippen molar-refractivity contribution in [2.24, 2.45) is 5.73 Å². The summed E-state index contributed by atoms with van der Waals surface area (Å²) in [5.41, 5.74) is 10.2. The minimum atomic E-state index is -0.571. The predicted molar refractivity (Wildman–Crippen MR) is 105 cm³/mol. The fourth-order valence-electron chi connectivity index (χ4n) is 3.49. The molecule has 0 saturated carbocycles. The maximum atomic E-state index is 11.9. The van der Waals surface area contributed by atoms with Crippen LogP contribution in [0.2, 0.25) is 0 Å². The maximum absolute atomic E-state index is 11.9. The summed E-state index contributed by atoms with van der Waals surface area (Å²) < 4.78 is 12.7. The number of benzene rings is 1. The third-order valence-corrected chi connectivity index (χ3v) is 4.66. The van der Waals surface area contributed by atoms with Crippen molar-refractivity contribution in [3.8, 4) is 23.0 Å². The van der Waals surface area contributed by atoms with Crippen LogP contribution in [0.3, 0.4) is 0 Å². The molecule has 0 unspecified atom stereocenters. The standard InChI is InChI=1S/C20H19N5O3/c1-10-16-11(2)23-19(13-7-5-6-12(18(21)26)17(13)28-4)25(16)20-14(22-10)8-9-15(24-20)27-3/h5-9H,1-4H3,(H2,21,26). The SMILES string of the molecule is COc1ccc2nc(C)c3c(C)nc(-c4cccc(C(N)=O)c4OC)n3c2n1. The highest BCUT2D eigenvalue weighted by atomic mass is 16.5. The highest BCUT2D eigenvalue weighted by molar-refractivity contribution is 5.98. The van der Waals surface area contributed by atoms with Crippen LogP contribution in [-0.2, 0) is 0 Å². The highest BCUT2D eigenvalue weighted by Crippen LogP contribution is 2.35. The number of primary amides is 1. The molecule has 1 aromatic carbocycles. The summed E-state index contributed by atoms with van der Waals surface area (Å²) in [5.74, 6) is 0.851. The molecule has 8 nitrogen and oxygen atoms in total. The number of aromatic nitrogens is 4. The van der Waals surface area contributed by atoms with Crippen LogP contribution in [0.25, 0.3) is 28.1 Å². The number of methoxy groups -OCH3 is 2. The average Bonchev–Trinajstić information content (AvgIpc) is 3.05. The zero-order valence-electron chi connectivity index (χ0n) is 16.0. The molecule has 8 heteroatoms. The van der Waals surface area contributed by atoms with Crippen LogP contribution in [0, 0.1) is 13.8 Å². The average molecular weight is 377 g/mol. The lowest BCUT2D eigenvalue weighted by molar-refractivity contribution is 0.0997. The monoisotopic (exact) mass is 377 g/mol. The minimum absolute atomic E-state index is 0.287. The van der Waals surface area contributed by atoms with Crippen molar-refractivity contribution in [3.63, 3.8) is 0 Å². The van der Waals surface area contributed by atoms with E-state index in [1.165, 1.54) is 7.11 Å². The van der Waals surface area contributed by atoms with Gasteiger partial charge in [0.1, 0.15) is 17.1 Å². The summed E-state index contributed by atoms with van der Waals surface area (Å²) in [6.07, 6.45) is 0. The summed E-state index contributed by atoms with van der Waals surface area (Å²) in [7, 11) is 3.06.